The topological polar surface area (TPSA) is 44.8 Å². The summed E-state index contributed by atoms with van der Waals surface area (Å²) in [4.78, 5) is 17.1. The minimum Gasteiger partial charge on any atom is -0.492 e. The highest BCUT2D eigenvalue weighted by atomic mass is 16.5. The third-order valence-corrected chi connectivity index (χ3v) is 5.51. The summed E-state index contributed by atoms with van der Waals surface area (Å²) in [6.07, 6.45) is 1.03. The van der Waals surface area contributed by atoms with Gasteiger partial charge in [0.15, 0.2) is 0 Å². The van der Waals surface area contributed by atoms with Crippen LogP contribution in [0.2, 0.25) is 0 Å². The SMILES string of the molecule is CCOc1ccccc1N1CCN(CC(=O)N[C@@H](C)c2ccc(CC)cc2)CC1. The molecule has 1 amide bonds. The summed E-state index contributed by atoms with van der Waals surface area (Å²) in [5.74, 6) is 1.02. The molecule has 1 saturated heterocycles. The van der Waals surface area contributed by atoms with Crippen LogP contribution in [0.25, 0.3) is 0 Å². The normalized spacial score (nSPS) is 15.8. The predicted molar refractivity (Wildman–Crippen MR) is 119 cm³/mol. The average Bonchev–Trinajstić information content (AvgIpc) is 2.75. The number of para-hydroxylation sites is 2. The Balaban J connectivity index is 1.48. The van der Waals surface area contributed by atoms with Gasteiger partial charge in [-0.3, -0.25) is 9.69 Å². The number of aryl methyl sites for hydroxylation is 1. The number of carbonyl (C=O) groups excluding carboxylic acids is 1. The second kappa shape index (κ2) is 10.3. The zero-order chi connectivity index (χ0) is 20.6. The molecule has 1 N–H and O–H groups in total. The summed E-state index contributed by atoms with van der Waals surface area (Å²) in [6, 6.07) is 16.7. The lowest BCUT2D eigenvalue weighted by Crippen LogP contribution is -2.49. The molecule has 5 nitrogen and oxygen atoms in total. The molecule has 0 aromatic heterocycles. The second-order valence-electron chi connectivity index (χ2n) is 7.55. The van der Waals surface area contributed by atoms with Crippen molar-refractivity contribution in [3.63, 3.8) is 0 Å². The first-order chi connectivity index (χ1) is 14.1. The number of ether oxygens (including phenoxy) is 1. The zero-order valence-corrected chi connectivity index (χ0v) is 17.9. The van der Waals surface area contributed by atoms with Crippen molar-refractivity contribution in [2.24, 2.45) is 0 Å². The first-order valence-electron chi connectivity index (χ1n) is 10.7. The Morgan fingerprint density at radius 1 is 1.03 bits per heavy atom. The summed E-state index contributed by atoms with van der Waals surface area (Å²) in [5, 5.41) is 3.14. The van der Waals surface area contributed by atoms with Gasteiger partial charge in [0.05, 0.1) is 24.9 Å². The van der Waals surface area contributed by atoms with Gasteiger partial charge < -0.3 is 15.0 Å². The van der Waals surface area contributed by atoms with E-state index in [1.54, 1.807) is 0 Å². The number of amides is 1. The smallest absolute Gasteiger partial charge is 0.234 e. The first kappa shape index (κ1) is 21.2. The maximum atomic E-state index is 12.5. The molecular weight excluding hydrogens is 362 g/mol. The highest BCUT2D eigenvalue weighted by Gasteiger charge is 2.21. The molecule has 0 bridgehead atoms. The molecule has 156 valence electrons. The maximum Gasteiger partial charge on any atom is 0.234 e. The van der Waals surface area contributed by atoms with E-state index in [2.05, 4.69) is 52.4 Å². The van der Waals surface area contributed by atoms with Gasteiger partial charge in [-0.2, -0.15) is 0 Å². The number of hydrogen-bond acceptors (Lipinski definition) is 4. The molecular formula is C24H33N3O2. The van der Waals surface area contributed by atoms with Gasteiger partial charge in [-0.15, -0.1) is 0 Å². The first-order valence-corrected chi connectivity index (χ1v) is 10.7. The fourth-order valence-corrected chi connectivity index (χ4v) is 3.76. The summed E-state index contributed by atoms with van der Waals surface area (Å²) in [6.45, 7) is 10.8. The molecule has 5 heteroatoms. The quantitative estimate of drug-likeness (QED) is 0.741. The van der Waals surface area contributed by atoms with E-state index in [9.17, 15) is 4.79 Å². The van der Waals surface area contributed by atoms with Crippen molar-refractivity contribution in [2.75, 3.05) is 44.2 Å². The van der Waals surface area contributed by atoms with Crippen molar-refractivity contribution in [3.05, 3.63) is 59.7 Å². The van der Waals surface area contributed by atoms with Gasteiger partial charge in [0.1, 0.15) is 5.75 Å². The van der Waals surface area contributed by atoms with Crippen LogP contribution in [-0.4, -0.2) is 50.1 Å². The van der Waals surface area contributed by atoms with Crippen LogP contribution in [0.4, 0.5) is 5.69 Å². The van der Waals surface area contributed by atoms with Crippen molar-refractivity contribution in [2.45, 2.75) is 33.2 Å². The number of rotatable bonds is 8. The highest BCUT2D eigenvalue weighted by Crippen LogP contribution is 2.28. The fourth-order valence-electron chi connectivity index (χ4n) is 3.76. The van der Waals surface area contributed by atoms with Gasteiger partial charge in [0.25, 0.3) is 0 Å². The minimum atomic E-state index is 0.0211. The number of nitrogens with one attached hydrogen (secondary N) is 1. The predicted octanol–water partition coefficient (Wildman–Crippen LogP) is 3.65. The molecule has 0 spiro atoms. The van der Waals surface area contributed by atoms with Gasteiger partial charge in [-0.05, 0) is 43.5 Å². The summed E-state index contributed by atoms with van der Waals surface area (Å²) in [7, 11) is 0. The number of anilines is 1. The third kappa shape index (κ3) is 5.73. The van der Waals surface area contributed by atoms with Crippen LogP contribution in [0.3, 0.4) is 0 Å². The Morgan fingerprint density at radius 2 is 1.72 bits per heavy atom. The van der Waals surface area contributed by atoms with Crippen LogP contribution < -0.4 is 15.0 Å². The zero-order valence-electron chi connectivity index (χ0n) is 17.9. The molecule has 1 atom stereocenters. The molecule has 29 heavy (non-hydrogen) atoms. The Hall–Kier alpha value is -2.53. The van der Waals surface area contributed by atoms with E-state index in [-0.39, 0.29) is 11.9 Å². The van der Waals surface area contributed by atoms with Crippen molar-refractivity contribution in [1.29, 1.82) is 0 Å². The summed E-state index contributed by atoms with van der Waals surface area (Å²) >= 11 is 0. The van der Waals surface area contributed by atoms with E-state index >= 15 is 0 Å². The standard InChI is InChI=1S/C24H33N3O2/c1-4-20-10-12-21(13-11-20)19(3)25-24(28)18-26-14-16-27(17-15-26)22-8-6-7-9-23(22)29-5-2/h6-13,19H,4-5,14-18H2,1-3H3,(H,25,28)/t19-/m0/s1. The average molecular weight is 396 g/mol. The summed E-state index contributed by atoms with van der Waals surface area (Å²) in [5.41, 5.74) is 3.60. The lowest BCUT2D eigenvalue weighted by atomic mass is 10.0. The van der Waals surface area contributed by atoms with Gasteiger partial charge in [-0.25, -0.2) is 0 Å². The second-order valence-corrected chi connectivity index (χ2v) is 7.55. The highest BCUT2D eigenvalue weighted by molar-refractivity contribution is 5.78. The van der Waals surface area contributed by atoms with Gasteiger partial charge in [0.2, 0.25) is 5.91 Å². The van der Waals surface area contributed by atoms with E-state index in [1.807, 2.05) is 32.0 Å². The largest absolute Gasteiger partial charge is 0.492 e. The molecule has 2 aromatic carbocycles. The van der Waals surface area contributed by atoms with Crippen LogP contribution in [0, 0.1) is 0 Å². The number of carbonyl (C=O) groups is 1. The van der Waals surface area contributed by atoms with Crippen LogP contribution in [0.15, 0.2) is 48.5 Å². The monoisotopic (exact) mass is 395 g/mol. The lowest BCUT2D eigenvalue weighted by molar-refractivity contribution is -0.123. The number of benzene rings is 2. The lowest BCUT2D eigenvalue weighted by Gasteiger charge is -2.36. The molecule has 1 aliphatic heterocycles. The number of piperazine rings is 1. The Bertz CT molecular complexity index is 783. The fraction of sp³-hybridized carbons (Fsp3) is 0.458. The summed E-state index contributed by atoms with van der Waals surface area (Å²) < 4.78 is 5.76. The Kier molecular flexibility index (Phi) is 7.53. The molecule has 1 fully saturated rings. The Labute approximate surface area is 174 Å². The molecule has 0 unspecified atom stereocenters. The van der Waals surface area contributed by atoms with E-state index in [0.717, 1.165) is 49.6 Å². The van der Waals surface area contributed by atoms with Crippen molar-refractivity contribution in [3.8, 4) is 5.75 Å². The van der Waals surface area contributed by atoms with E-state index in [1.165, 1.54) is 5.56 Å². The van der Waals surface area contributed by atoms with Crippen molar-refractivity contribution in [1.82, 2.24) is 10.2 Å². The number of hydrogen-bond donors (Lipinski definition) is 1. The van der Waals surface area contributed by atoms with Crippen LogP contribution >= 0.6 is 0 Å². The molecule has 3 rings (SSSR count). The van der Waals surface area contributed by atoms with Crippen LogP contribution in [0.5, 0.6) is 5.75 Å². The van der Waals surface area contributed by atoms with Crippen LogP contribution in [0.1, 0.15) is 37.9 Å². The third-order valence-electron chi connectivity index (χ3n) is 5.51. The van der Waals surface area contributed by atoms with E-state index in [4.69, 9.17) is 4.74 Å². The molecule has 1 heterocycles. The molecule has 2 aromatic rings. The molecule has 0 radical (unpaired) electrons. The molecule has 0 aliphatic carbocycles. The van der Waals surface area contributed by atoms with Crippen molar-refractivity contribution < 1.29 is 9.53 Å². The van der Waals surface area contributed by atoms with Crippen molar-refractivity contribution >= 4 is 11.6 Å². The van der Waals surface area contributed by atoms with E-state index in [0.29, 0.717) is 13.2 Å². The van der Waals surface area contributed by atoms with Gasteiger partial charge in [0, 0.05) is 26.2 Å². The maximum absolute atomic E-state index is 12.5. The van der Waals surface area contributed by atoms with Gasteiger partial charge >= 0.3 is 0 Å². The van der Waals surface area contributed by atoms with Crippen LogP contribution in [-0.2, 0) is 11.2 Å². The molecule has 1 aliphatic rings. The minimum absolute atomic E-state index is 0.0211. The van der Waals surface area contributed by atoms with E-state index < -0.39 is 0 Å². The van der Waals surface area contributed by atoms with Gasteiger partial charge in [-0.1, -0.05) is 43.3 Å². The number of nitrogens with zero attached hydrogens (tertiary/aromatic N) is 2. The molecule has 0 saturated carbocycles. The Morgan fingerprint density at radius 3 is 2.38 bits per heavy atom.